The first kappa shape index (κ1) is 27.1. The van der Waals surface area contributed by atoms with Crippen molar-refractivity contribution in [3.05, 3.63) is 70.1 Å². The van der Waals surface area contributed by atoms with Gasteiger partial charge >= 0.3 is 5.97 Å². The number of ether oxygens (including phenoxy) is 4. The number of phenols is 1. The number of allylic oxidation sites excluding steroid dienone is 3. The van der Waals surface area contributed by atoms with Crippen molar-refractivity contribution < 1.29 is 33.6 Å². The maximum atomic E-state index is 13.8. The van der Waals surface area contributed by atoms with Gasteiger partial charge in [0.2, 0.25) is 0 Å². The zero-order valence-corrected chi connectivity index (χ0v) is 22.7. The molecule has 8 nitrogen and oxygen atoms in total. The van der Waals surface area contributed by atoms with Gasteiger partial charge in [0.15, 0.2) is 28.8 Å². The van der Waals surface area contributed by atoms with Crippen LogP contribution in [0.25, 0.3) is 0 Å². The molecule has 38 heavy (non-hydrogen) atoms. The summed E-state index contributed by atoms with van der Waals surface area (Å²) in [6.07, 6.45) is 1.25. The third-order valence-electron chi connectivity index (χ3n) is 7.35. The largest absolute Gasteiger partial charge is 0.504 e. The van der Waals surface area contributed by atoms with Crippen molar-refractivity contribution >= 4 is 11.8 Å². The predicted molar refractivity (Wildman–Crippen MR) is 143 cm³/mol. The number of esters is 1. The number of Topliss-reactive ketones (excluding diaryl/α,β-unsaturated/α-hetero) is 1. The van der Waals surface area contributed by atoms with Crippen LogP contribution in [0.3, 0.4) is 0 Å². The van der Waals surface area contributed by atoms with Gasteiger partial charge in [-0.05, 0) is 68.0 Å². The molecule has 0 aromatic heterocycles. The van der Waals surface area contributed by atoms with E-state index in [4.69, 9.17) is 18.9 Å². The monoisotopic (exact) mass is 521 g/mol. The Morgan fingerprint density at radius 3 is 2.32 bits per heavy atom. The van der Waals surface area contributed by atoms with Crippen LogP contribution in [0.5, 0.6) is 23.0 Å². The molecule has 0 radical (unpaired) electrons. The van der Waals surface area contributed by atoms with E-state index in [0.29, 0.717) is 46.7 Å². The van der Waals surface area contributed by atoms with Gasteiger partial charge in [0.1, 0.15) is 0 Å². The molecule has 2 N–H and O–H groups in total. The number of rotatable bonds is 8. The lowest BCUT2D eigenvalue weighted by atomic mass is 9.71. The second kappa shape index (κ2) is 11.2. The van der Waals surface area contributed by atoms with Gasteiger partial charge in [-0.2, -0.15) is 0 Å². The molecule has 3 atom stereocenters. The van der Waals surface area contributed by atoms with Gasteiger partial charge in [-0.25, -0.2) is 4.79 Å². The van der Waals surface area contributed by atoms with Crippen molar-refractivity contribution in [2.75, 3.05) is 21.3 Å². The molecule has 1 heterocycles. The van der Waals surface area contributed by atoms with E-state index in [-0.39, 0.29) is 35.7 Å². The van der Waals surface area contributed by atoms with Gasteiger partial charge < -0.3 is 29.4 Å². The quantitative estimate of drug-likeness (QED) is 0.462. The van der Waals surface area contributed by atoms with E-state index in [0.717, 1.165) is 11.3 Å². The Hall–Kier alpha value is -3.94. The van der Waals surface area contributed by atoms with Crippen LogP contribution in [-0.4, -0.2) is 44.3 Å². The lowest BCUT2D eigenvalue weighted by molar-refractivity contribution is -0.144. The minimum absolute atomic E-state index is 0.0210. The molecule has 202 valence electrons. The van der Waals surface area contributed by atoms with Crippen LogP contribution < -0.4 is 19.5 Å². The van der Waals surface area contributed by atoms with Crippen LogP contribution in [0.15, 0.2) is 58.9 Å². The lowest BCUT2D eigenvalue weighted by Gasteiger charge is -2.37. The normalized spacial score (nSPS) is 19.9. The van der Waals surface area contributed by atoms with Gasteiger partial charge in [-0.1, -0.05) is 19.1 Å². The Kier molecular flexibility index (Phi) is 7.99. The van der Waals surface area contributed by atoms with Crippen LogP contribution in [0.4, 0.5) is 0 Å². The number of aromatic hydroxyl groups is 1. The summed E-state index contributed by atoms with van der Waals surface area (Å²) in [6.45, 7) is 5.61. The van der Waals surface area contributed by atoms with Crippen molar-refractivity contribution in [3.8, 4) is 23.0 Å². The van der Waals surface area contributed by atoms with E-state index in [1.807, 2.05) is 39.0 Å². The summed E-state index contributed by atoms with van der Waals surface area (Å²) < 4.78 is 21.9. The Morgan fingerprint density at radius 2 is 1.66 bits per heavy atom. The first-order chi connectivity index (χ1) is 18.2. The SMILES string of the molecule is CC[C@H](C)OC(=O)C1=C(C)NC2=C(C(=O)C[C@H](c3ccc(OC)c(OC)c3)C2)[C@@H]1c1ccc(O)c(OC)c1. The topological polar surface area (TPSA) is 103 Å². The van der Waals surface area contributed by atoms with Crippen molar-refractivity contribution in [1.29, 1.82) is 0 Å². The molecule has 0 spiro atoms. The third-order valence-corrected chi connectivity index (χ3v) is 7.35. The molecule has 0 bridgehead atoms. The minimum atomic E-state index is -0.656. The average Bonchev–Trinajstić information content (AvgIpc) is 2.91. The Balaban J connectivity index is 1.80. The van der Waals surface area contributed by atoms with Crippen molar-refractivity contribution in [2.24, 2.45) is 0 Å². The van der Waals surface area contributed by atoms with E-state index >= 15 is 0 Å². The zero-order valence-electron chi connectivity index (χ0n) is 22.7. The fourth-order valence-electron chi connectivity index (χ4n) is 5.19. The summed E-state index contributed by atoms with van der Waals surface area (Å²) in [5.41, 5.74) is 3.97. The van der Waals surface area contributed by atoms with Gasteiger partial charge in [0, 0.05) is 29.3 Å². The van der Waals surface area contributed by atoms with Gasteiger partial charge in [0.25, 0.3) is 0 Å². The van der Waals surface area contributed by atoms with Crippen LogP contribution in [0, 0.1) is 0 Å². The minimum Gasteiger partial charge on any atom is -0.504 e. The molecule has 0 unspecified atom stereocenters. The highest BCUT2D eigenvalue weighted by Crippen LogP contribution is 2.47. The molecular weight excluding hydrogens is 486 g/mol. The number of hydrogen-bond donors (Lipinski definition) is 2. The molecule has 1 aliphatic carbocycles. The summed E-state index contributed by atoms with van der Waals surface area (Å²) in [4.78, 5) is 27.3. The fraction of sp³-hybridized carbons (Fsp3) is 0.400. The third kappa shape index (κ3) is 5.08. The first-order valence-corrected chi connectivity index (χ1v) is 12.8. The van der Waals surface area contributed by atoms with E-state index < -0.39 is 11.9 Å². The summed E-state index contributed by atoms with van der Waals surface area (Å²) in [6, 6.07) is 10.6. The molecule has 0 saturated carbocycles. The molecule has 2 aromatic carbocycles. The number of carbonyl (C=O) groups is 2. The molecule has 8 heteroatoms. The van der Waals surface area contributed by atoms with Gasteiger partial charge in [-0.15, -0.1) is 0 Å². The van der Waals surface area contributed by atoms with Crippen LogP contribution in [0.1, 0.15) is 63.0 Å². The van der Waals surface area contributed by atoms with E-state index in [2.05, 4.69) is 5.32 Å². The van der Waals surface area contributed by atoms with Crippen molar-refractivity contribution in [3.63, 3.8) is 0 Å². The average molecular weight is 522 g/mol. The van der Waals surface area contributed by atoms with Crippen molar-refractivity contribution in [1.82, 2.24) is 5.32 Å². The Bertz CT molecular complexity index is 1310. The smallest absolute Gasteiger partial charge is 0.337 e. The van der Waals surface area contributed by atoms with E-state index in [1.165, 1.54) is 13.2 Å². The van der Waals surface area contributed by atoms with Gasteiger partial charge in [-0.3, -0.25) is 4.79 Å². The second-order valence-corrected chi connectivity index (χ2v) is 9.69. The van der Waals surface area contributed by atoms with Crippen molar-refractivity contribution in [2.45, 2.75) is 58.0 Å². The number of benzene rings is 2. The first-order valence-electron chi connectivity index (χ1n) is 12.8. The highest BCUT2D eigenvalue weighted by molar-refractivity contribution is 6.04. The molecule has 2 aromatic rings. The zero-order chi connectivity index (χ0) is 27.6. The molecule has 0 saturated heterocycles. The number of carbonyl (C=O) groups excluding carboxylic acids is 2. The molecule has 4 rings (SSSR count). The number of hydrogen-bond acceptors (Lipinski definition) is 8. The maximum absolute atomic E-state index is 13.8. The van der Waals surface area contributed by atoms with E-state index in [1.54, 1.807) is 26.4 Å². The van der Waals surface area contributed by atoms with Gasteiger partial charge in [0.05, 0.1) is 33.0 Å². The molecular formula is C30H35NO7. The predicted octanol–water partition coefficient (Wildman–Crippen LogP) is 5.12. The van der Waals surface area contributed by atoms with Crippen LogP contribution in [0.2, 0.25) is 0 Å². The highest BCUT2D eigenvalue weighted by Gasteiger charge is 2.42. The lowest BCUT2D eigenvalue weighted by Crippen LogP contribution is -2.36. The summed E-state index contributed by atoms with van der Waals surface area (Å²) >= 11 is 0. The number of dihydropyridines is 1. The summed E-state index contributed by atoms with van der Waals surface area (Å²) in [5, 5.41) is 13.6. The molecule has 1 aliphatic heterocycles. The number of nitrogens with one attached hydrogen (secondary N) is 1. The van der Waals surface area contributed by atoms with Crippen LogP contribution in [-0.2, 0) is 14.3 Å². The number of ketones is 1. The summed E-state index contributed by atoms with van der Waals surface area (Å²) in [7, 11) is 4.63. The number of phenolic OH excluding ortho intramolecular Hbond substituents is 1. The Labute approximate surface area is 223 Å². The Morgan fingerprint density at radius 1 is 1.00 bits per heavy atom. The van der Waals surface area contributed by atoms with E-state index in [9.17, 15) is 14.7 Å². The fourth-order valence-corrected chi connectivity index (χ4v) is 5.19. The molecule has 0 amide bonds. The standard InChI is InChI=1S/C30H35NO7/c1-7-16(2)38-30(34)27-17(3)31-21-12-20(18-9-11-24(35-4)26(14-18)37-6)13-23(33)29(21)28(27)19-8-10-22(32)25(15-19)36-5/h8-11,14-16,20,28,31-32H,7,12-13H2,1-6H3/t16-,20+,28+/m0/s1. The van der Waals surface area contributed by atoms with Crippen LogP contribution >= 0.6 is 0 Å². The maximum Gasteiger partial charge on any atom is 0.337 e. The highest BCUT2D eigenvalue weighted by atomic mass is 16.5. The molecule has 0 fully saturated rings. The number of methoxy groups -OCH3 is 3. The summed E-state index contributed by atoms with van der Waals surface area (Å²) in [5.74, 6) is 0.211. The second-order valence-electron chi connectivity index (χ2n) is 9.69. The molecule has 2 aliphatic rings.